The molecule has 1 amide bonds. The van der Waals surface area contributed by atoms with Gasteiger partial charge in [0.25, 0.3) is 11.6 Å². The van der Waals surface area contributed by atoms with Crippen molar-refractivity contribution in [1.29, 1.82) is 0 Å². The van der Waals surface area contributed by atoms with Gasteiger partial charge in [-0.2, -0.15) is 0 Å². The number of nitro groups is 1. The first kappa shape index (κ1) is 21.3. The van der Waals surface area contributed by atoms with E-state index in [0.29, 0.717) is 28.8 Å². The van der Waals surface area contributed by atoms with Crippen LogP contribution in [0.4, 0.5) is 5.69 Å². The summed E-state index contributed by atoms with van der Waals surface area (Å²) in [6.45, 7) is 6.42. The molecule has 0 saturated carbocycles. The quantitative estimate of drug-likeness (QED) is 0.242. The van der Waals surface area contributed by atoms with Gasteiger partial charge in [-0.05, 0) is 24.1 Å². The molecule has 3 rings (SSSR count). The molecule has 154 valence electrons. The highest BCUT2D eigenvalue weighted by molar-refractivity contribution is 7.98. The number of non-ortho nitro benzene ring substituents is 1. The van der Waals surface area contributed by atoms with Gasteiger partial charge in [0.15, 0.2) is 11.0 Å². The molecule has 2 aromatic carbocycles. The van der Waals surface area contributed by atoms with Crippen LogP contribution in [0.5, 0.6) is 0 Å². The molecule has 0 bridgehead atoms. The molecule has 0 saturated heterocycles. The molecule has 1 aromatic heterocycles. The lowest BCUT2D eigenvalue weighted by Gasteiger charge is -2.10. The molecule has 0 unspecified atom stereocenters. The number of carbonyl (C=O) groups is 1. The van der Waals surface area contributed by atoms with E-state index < -0.39 is 4.92 Å². The van der Waals surface area contributed by atoms with E-state index >= 15 is 0 Å². The first-order chi connectivity index (χ1) is 14.5. The molecule has 9 heteroatoms. The first-order valence-corrected chi connectivity index (χ1v) is 10.2. The molecule has 0 aliphatic carbocycles. The van der Waals surface area contributed by atoms with Gasteiger partial charge >= 0.3 is 0 Å². The normalized spacial score (nSPS) is 10.6. The Labute approximate surface area is 178 Å². The predicted octanol–water partition coefficient (Wildman–Crippen LogP) is 3.90. The second-order valence-corrected chi connectivity index (χ2v) is 7.45. The lowest BCUT2D eigenvalue weighted by atomic mass is 10.1. The lowest BCUT2D eigenvalue weighted by molar-refractivity contribution is -0.384. The van der Waals surface area contributed by atoms with Gasteiger partial charge in [-0.25, -0.2) is 0 Å². The maximum absolute atomic E-state index is 12.5. The van der Waals surface area contributed by atoms with Gasteiger partial charge in [0.2, 0.25) is 0 Å². The number of aryl methyl sites for hydroxylation is 1. The highest BCUT2D eigenvalue weighted by atomic mass is 32.2. The van der Waals surface area contributed by atoms with E-state index in [0.717, 1.165) is 11.1 Å². The van der Waals surface area contributed by atoms with Crippen molar-refractivity contribution in [2.24, 2.45) is 0 Å². The third-order valence-electron chi connectivity index (χ3n) is 4.42. The van der Waals surface area contributed by atoms with Crippen molar-refractivity contribution in [3.8, 4) is 0 Å². The summed E-state index contributed by atoms with van der Waals surface area (Å²) in [4.78, 5) is 22.8. The summed E-state index contributed by atoms with van der Waals surface area (Å²) < 4.78 is 1.89. The minimum Gasteiger partial charge on any atom is -0.345 e. The Morgan fingerprint density at radius 2 is 1.97 bits per heavy atom. The van der Waals surface area contributed by atoms with Crippen molar-refractivity contribution < 1.29 is 9.72 Å². The summed E-state index contributed by atoms with van der Waals surface area (Å²) in [6.07, 6.45) is 1.74. The fourth-order valence-electron chi connectivity index (χ4n) is 2.81. The first-order valence-electron chi connectivity index (χ1n) is 9.22. The molecule has 0 spiro atoms. The summed E-state index contributed by atoms with van der Waals surface area (Å²) in [7, 11) is 0. The van der Waals surface area contributed by atoms with Crippen molar-refractivity contribution in [3.05, 3.63) is 93.8 Å². The Bertz CT molecular complexity index is 1060. The van der Waals surface area contributed by atoms with E-state index in [2.05, 4.69) is 22.1 Å². The van der Waals surface area contributed by atoms with Crippen molar-refractivity contribution in [3.63, 3.8) is 0 Å². The molecule has 3 aromatic rings. The number of nitrogens with one attached hydrogen (secondary N) is 1. The maximum atomic E-state index is 12.5. The number of nitrogens with zero attached hydrogens (tertiary/aromatic N) is 4. The van der Waals surface area contributed by atoms with E-state index in [1.165, 1.54) is 23.9 Å². The molecule has 1 heterocycles. The number of hydrogen-bond acceptors (Lipinski definition) is 6. The van der Waals surface area contributed by atoms with Crippen LogP contribution in [0.1, 0.15) is 27.3 Å². The molecule has 0 fully saturated rings. The smallest absolute Gasteiger partial charge is 0.269 e. The van der Waals surface area contributed by atoms with Gasteiger partial charge in [-0.15, -0.1) is 16.8 Å². The Kier molecular flexibility index (Phi) is 6.97. The molecule has 0 aliphatic heterocycles. The van der Waals surface area contributed by atoms with Crippen LogP contribution in [0.2, 0.25) is 0 Å². The predicted molar refractivity (Wildman–Crippen MR) is 115 cm³/mol. The molecule has 0 atom stereocenters. The van der Waals surface area contributed by atoms with Crippen molar-refractivity contribution in [2.45, 2.75) is 30.9 Å². The second kappa shape index (κ2) is 9.84. The summed E-state index contributed by atoms with van der Waals surface area (Å²) in [5, 5.41) is 22.8. The zero-order valence-corrected chi connectivity index (χ0v) is 17.3. The number of allylic oxidation sites excluding steroid dienone is 1. The third kappa shape index (κ3) is 5.12. The van der Waals surface area contributed by atoms with Crippen molar-refractivity contribution in [1.82, 2.24) is 20.1 Å². The largest absolute Gasteiger partial charge is 0.345 e. The van der Waals surface area contributed by atoms with Crippen LogP contribution < -0.4 is 5.32 Å². The van der Waals surface area contributed by atoms with Crippen molar-refractivity contribution >= 4 is 23.4 Å². The number of thioether (sulfide) groups is 1. The summed E-state index contributed by atoms with van der Waals surface area (Å²) >= 11 is 1.47. The average molecular weight is 423 g/mol. The minimum absolute atomic E-state index is 0.0604. The minimum atomic E-state index is -0.421. The number of nitro benzene ring substituents is 1. The van der Waals surface area contributed by atoms with E-state index in [1.807, 2.05) is 29.7 Å². The summed E-state index contributed by atoms with van der Waals surface area (Å²) in [5.41, 5.74) is 2.53. The van der Waals surface area contributed by atoms with Gasteiger partial charge in [-0.1, -0.05) is 48.2 Å². The number of hydrogen-bond donors (Lipinski definition) is 1. The zero-order chi connectivity index (χ0) is 21.5. The molecule has 0 radical (unpaired) electrons. The standard InChI is InChI=1S/C21H21N5O3S/c1-3-12-25-19(13-22-20(27)18-7-5-4-6-15(18)2)23-24-21(25)30-14-16-8-10-17(11-9-16)26(28)29/h3-11H,1,12-14H2,2H3,(H,22,27). The molecular formula is C21H21N5O3S. The van der Waals surface area contributed by atoms with Gasteiger partial charge in [-0.3, -0.25) is 14.9 Å². The number of rotatable bonds is 9. The monoisotopic (exact) mass is 423 g/mol. The van der Waals surface area contributed by atoms with Crippen molar-refractivity contribution in [2.75, 3.05) is 0 Å². The molecule has 8 nitrogen and oxygen atoms in total. The summed E-state index contributed by atoms with van der Waals surface area (Å²) in [5.74, 6) is 1.05. The van der Waals surface area contributed by atoms with E-state index in [-0.39, 0.29) is 18.1 Å². The Morgan fingerprint density at radius 3 is 2.63 bits per heavy atom. The topological polar surface area (TPSA) is 103 Å². The van der Waals surface area contributed by atoms with E-state index in [9.17, 15) is 14.9 Å². The van der Waals surface area contributed by atoms with Crippen LogP contribution in [0.3, 0.4) is 0 Å². The fourth-order valence-corrected chi connectivity index (χ4v) is 3.74. The van der Waals surface area contributed by atoms with Gasteiger partial charge in [0.05, 0.1) is 11.5 Å². The highest BCUT2D eigenvalue weighted by Crippen LogP contribution is 2.23. The maximum Gasteiger partial charge on any atom is 0.269 e. The lowest BCUT2D eigenvalue weighted by Crippen LogP contribution is -2.25. The van der Waals surface area contributed by atoms with Gasteiger partial charge < -0.3 is 9.88 Å². The van der Waals surface area contributed by atoms with Crippen LogP contribution in [0.25, 0.3) is 0 Å². The van der Waals surface area contributed by atoms with Gasteiger partial charge in [0.1, 0.15) is 0 Å². The zero-order valence-electron chi connectivity index (χ0n) is 16.4. The van der Waals surface area contributed by atoms with E-state index in [4.69, 9.17) is 0 Å². The Balaban J connectivity index is 1.67. The third-order valence-corrected chi connectivity index (χ3v) is 5.45. The Morgan fingerprint density at radius 1 is 1.23 bits per heavy atom. The van der Waals surface area contributed by atoms with Crippen LogP contribution in [0, 0.1) is 17.0 Å². The average Bonchev–Trinajstić information content (AvgIpc) is 3.13. The molecular weight excluding hydrogens is 402 g/mol. The fraction of sp³-hybridized carbons (Fsp3) is 0.190. The van der Waals surface area contributed by atoms with E-state index in [1.54, 1.807) is 24.3 Å². The number of carbonyl (C=O) groups excluding carboxylic acids is 1. The van der Waals surface area contributed by atoms with Crippen LogP contribution in [0.15, 0.2) is 66.3 Å². The SMILES string of the molecule is C=CCn1c(CNC(=O)c2ccccc2C)nnc1SCc1ccc([N+](=O)[O-])cc1. The Hall–Kier alpha value is -3.46. The number of aromatic nitrogens is 3. The van der Waals surface area contributed by atoms with Gasteiger partial charge in [0, 0.05) is 30.0 Å². The number of amides is 1. The number of benzene rings is 2. The second-order valence-electron chi connectivity index (χ2n) is 6.51. The van der Waals surface area contributed by atoms with Crippen LogP contribution in [-0.4, -0.2) is 25.6 Å². The molecule has 1 N–H and O–H groups in total. The highest BCUT2D eigenvalue weighted by Gasteiger charge is 2.14. The van der Waals surface area contributed by atoms with Crippen LogP contribution >= 0.6 is 11.8 Å². The van der Waals surface area contributed by atoms with Crippen LogP contribution in [-0.2, 0) is 18.8 Å². The molecule has 30 heavy (non-hydrogen) atoms. The molecule has 0 aliphatic rings. The summed E-state index contributed by atoms with van der Waals surface area (Å²) in [6, 6.07) is 13.8.